The monoisotopic (exact) mass is 347 g/mol. The number of H-pyrrole nitrogens is 1. The number of phenols is 1. The Morgan fingerprint density at radius 2 is 1.85 bits per heavy atom. The minimum atomic E-state index is -0.320. The standard InChI is InChI=1S/C20H14FN3O2/c21-14-7-4-12(5-8-14)19-17-10-13(6-9-18(17)23-24-19)20(26)22-15-2-1-3-16(25)11-15/h1-11,25H,(H,22,26)(H,23,24). The van der Waals surface area contributed by atoms with Gasteiger partial charge in [-0.25, -0.2) is 4.39 Å². The smallest absolute Gasteiger partial charge is 0.255 e. The first-order valence-corrected chi connectivity index (χ1v) is 7.94. The molecular formula is C20H14FN3O2. The molecule has 26 heavy (non-hydrogen) atoms. The fraction of sp³-hybridized carbons (Fsp3) is 0. The highest BCUT2D eigenvalue weighted by Crippen LogP contribution is 2.27. The van der Waals surface area contributed by atoms with Gasteiger partial charge in [0.15, 0.2) is 0 Å². The van der Waals surface area contributed by atoms with Crippen LogP contribution in [-0.2, 0) is 0 Å². The van der Waals surface area contributed by atoms with Crippen LogP contribution in [-0.4, -0.2) is 21.2 Å². The van der Waals surface area contributed by atoms with Crippen LogP contribution in [0, 0.1) is 5.82 Å². The van der Waals surface area contributed by atoms with Crippen LogP contribution in [0.4, 0.5) is 10.1 Å². The molecular weight excluding hydrogens is 333 g/mol. The van der Waals surface area contributed by atoms with E-state index < -0.39 is 0 Å². The van der Waals surface area contributed by atoms with Gasteiger partial charge in [-0.05, 0) is 54.6 Å². The van der Waals surface area contributed by atoms with Gasteiger partial charge in [-0.2, -0.15) is 5.10 Å². The normalized spacial score (nSPS) is 10.8. The Bertz CT molecular complexity index is 1100. The Kier molecular flexibility index (Phi) is 3.85. The summed E-state index contributed by atoms with van der Waals surface area (Å²) >= 11 is 0. The summed E-state index contributed by atoms with van der Waals surface area (Å²) in [6, 6.07) is 17.6. The number of hydrogen-bond acceptors (Lipinski definition) is 3. The molecule has 0 aliphatic heterocycles. The van der Waals surface area contributed by atoms with Gasteiger partial charge >= 0.3 is 0 Å². The molecule has 1 heterocycles. The van der Waals surface area contributed by atoms with Gasteiger partial charge in [0, 0.05) is 28.3 Å². The summed E-state index contributed by atoms with van der Waals surface area (Å²) in [5.74, 6) is -0.546. The van der Waals surface area contributed by atoms with Crippen LogP contribution in [0.3, 0.4) is 0 Å². The molecule has 4 aromatic rings. The fourth-order valence-electron chi connectivity index (χ4n) is 2.77. The van der Waals surface area contributed by atoms with E-state index in [-0.39, 0.29) is 17.5 Å². The van der Waals surface area contributed by atoms with Crippen molar-refractivity contribution in [3.05, 3.63) is 78.1 Å². The van der Waals surface area contributed by atoms with E-state index in [1.807, 2.05) is 0 Å². The Balaban J connectivity index is 1.69. The summed E-state index contributed by atoms with van der Waals surface area (Å²) in [5.41, 5.74) is 3.13. The number of nitrogens with one attached hydrogen (secondary N) is 2. The third kappa shape index (κ3) is 3.00. The summed E-state index contributed by atoms with van der Waals surface area (Å²) in [6.07, 6.45) is 0. The lowest BCUT2D eigenvalue weighted by molar-refractivity contribution is 0.102. The average Bonchev–Trinajstić information content (AvgIpc) is 3.05. The van der Waals surface area contributed by atoms with Gasteiger partial charge in [-0.1, -0.05) is 6.07 Å². The summed E-state index contributed by atoms with van der Waals surface area (Å²) in [7, 11) is 0. The lowest BCUT2D eigenvalue weighted by Gasteiger charge is -2.06. The molecule has 3 N–H and O–H groups in total. The second kappa shape index (κ2) is 6.33. The van der Waals surface area contributed by atoms with Crippen molar-refractivity contribution >= 4 is 22.5 Å². The predicted molar refractivity (Wildman–Crippen MR) is 97.5 cm³/mol. The second-order valence-electron chi connectivity index (χ2n) is 5.84. The van der Waals surface area contributed by atoms with Crippen LogP contribution in [0.5, 0.6) is 5.75 Å². The van der Waals surface area contributed by atoms with Gasteiger partial charge in [0.2, 0.25) is 0 Å². The molecule has 0 aliphatic rings. The molecule has 5 nitrogen and oxygen atoms in total. The summed E-state index contributed by atoms with van der Waals surface area (Å²) in [5, 5.41) is 20.2. The number of rotatable bonds is 3. The molecule has 0 fully saturated rings. The van der Waals surface area contributed by atoms with Gasteiger partial charge in [0.1, 0.15) is 11.6 Å². The Labute approximate surface area is 148 Å². The van der Waals surface area contributed by atoms with E-state index in [4.69, 9.17) is 0 Å². The predicted octanol–water partition coefficient (Wildman–Crippen LogP) is 4.33. The fourth-order valence-corrected chi connectivity index (χ4v) is 2.77. The molecule has 1 aromatic heterocycles. The number of carbonyl (C=O) groups excluding carboxylic acids is 1. The molecule has 6 heteroatoms. The van der Waals surface area contributed by atoms with Crippen LogP contribution < -0.4 is 5.32 Å². The van der Waals surface area contributed by atoms with Gasteiger partial charge < -0.3 is 10.4 Å². The highest BCUT2D eigenvalue weighted by atomic mass is 19.1. The molecule has 128 valence electrons. The molecule has 0 saturated carbocycles. The third-order valence-electron chi connectivity index (χ3n) is 4.05. The van der Waals surface area contributed by atoms with E-state index >= 15 is 0 Å². The highest BCUT2D eigenvalue weighted by molar-refractivity contribution is 6.07. The minimum absolute atomic E-state index is 0.0756. The number of fused-ring (bicyclic) bond motifs is 1. The van der Waals surface area contributed by atoms with Crippen molar-refractivity contribution in [3.63, 3.8) is 0 Å². The summed E-state index contributed by atoms with van der Waals surface area (Å²) in [4.78, 5) is 12.5. The van der Waals surface area contributed by atoms with Crippen molar-refractivity contribution in [3.8, 4) is 17.0 Å². The van der Waals surface area contributed by atoms with E-state index in [1.54, 1.807) is 42.5 Å². The summed E-state index contributed by atoms with van der Waals surface area (Å²) in [6.45, 7) is 0. The topological polar surface area (TPSA) is 78.0 Å². The number of hydrogen-bond donors (Lipinski definition) is 3. The molecule has 1 amide bonds. The highest BCUT2D eigenvalue weighted by Gasteiger charge is 2.12. The maximum Gasteiger partial charge on any atom is 0.255 e. The average molecular weight is 347 g/mol. The summed E-state index contributed by atoms with van der Waals surface area (Å²) < 4.78 is 13.1. The van der Waals surface area contributed by atoms with Gasteiger partial charge in [0.05, 0.1) is 11.2 Å². The zero-order valence-electron chi connectivity index (χ0n) is 13.5. The van der Waals surface area contributed by atoms with E-state index in [0.29, 0.717) is 16.9 Å². The van der Waals surface area contributed by atoms with Crippen molar-refractivity contribution in [2.24, 2.45) is 0 Å². The molecule has 0 saturated heterocycles. The number of nitrogens with zero attached hydrogens (tertiary/aromatic N) is 1. The number of aromatic amines is 1. The largest absolute Gasteiger partial charge is 0.508 e. The molecule has 0 spiro atoms. The van der Waals surface area contributed by atoms with Gasteiger partial charge in [-0.3, -0.25) is 9.89 Å². The first-order chi connectivity index (χ1) is 12.6. The number of carbonyl (C=O) groups is 1. The second-order valence-corrected chi connectivity index (χ2v) is 5.84. The number of benzene rings is 3. The Morgan fingerprint density at radius 1 is 1.04 bits per heavy atom. The van der Waals surface area contributed by atoms with E-state index in [1.165, 1.54) is 24.3 Å². The molecule has 0 atom stereocenters. The van der Waals surface area contributed by atoms with Gasteiger partial charge in [-0.15, -0.1) is 0 Å². The number of halogens is 1. The van der Waals surface area contributed by atoms with E-state index in [2.05, 4.69) is 15.5 Å². The maximum atomic E-state index is 13.1. The number of aromatic nitrogens is 2. The Morgan fingerprint density at radius 3 is 2.62 bits per heavy atom. The van der Waals surface area contributed by atoms with Crippen LogP contribution in [0.2, 0.25) is 0 Å². The molecule has 4 rings (SSSR count). The quantitative estimate of drug-likeness (QED) is 0.516. The molecule has 0 bridgehead atoms. The zero-order valence-corrected chi connectivity index (χ0v) is 13.5. The van der Waals surface area contributed by atoms with Crippen molar-refractivity contribution < 1.29 is 14.3 Å². The molecule has 3 aromatic carbocycles. The van der Waals surface area contributed by atoms with Gasteiger partial charge in [0.25, 0.3) is 5.91 Å². The minimum Gasteiger partial charge on any atom is -0.508 e. The number of aromatic hydroxyl groups is 1. The lowest BCUT2D eigenvalue weighted by Crippen LogP contribution is -2.11. The third-order valence-corrected chi connectivity index (χ3v) is 4.05. The SMILES string of the molecule is O=C(Nc1cccc(O)c1)c1ccc2[nH]nc(-c3ccc(F)cc3)c2c1. The Hall–Kier alpha value is -3.67. The molecule has 0 aliphatic carbocycles. The maximum absolute atomic E-state index is 13.1. The van der Waals surface area contributed by atoms with Crippen LogP contribution >= 0.6 is 0 Å². The van der Waals surface area contributed by atoms with Crippen LogP contribution in [0.25, 0.3) is 22.2 Å². The van der Waals surface area contributed by atoms with Crippen molar-refractivity contribution in [1.29, 1.82) is 0 Å². The van der Waals surface area contributed by atoms with Crippen LogP contribution in [0.1, 0.15) is 10.4 Å². The number of phenolic OH excluding ortho intramolecular Hbond substituents is 1. The van der Waals surface area contributed by atoms with Crippen molar-refractivity contribution in [2.45, 2.75) is 0 Å². The molecule has 0 unspecified atom stereocenters. The van der Waals surface area contributed by atoms with E-state index in [0.717, 1.165) is 16.5 Å². The first-order valence-electron chi connectivity index (χ1n) is 7.94. The lowest BCUT2D eigenvalue weighted by atomic mass is 10.1. The number of amides is 1. The van der Waals surface area contributed by atoms with E-state index in [9.17, 15) is 14.3 Å². The molecule has 0 radical (unpaired) electrons. The van der Waals surface area contributed by atoms with Crippen molar-refractivity contribution in [2.75, 3.05) is 5.32 Å². The van der Waals surface area contributed by atoms with Crippen molar-refractivity contribution in [1.82, 2.24) is 10.2 Å². The first kappa shape index (κ1) is 15.8. The number of anilines is 1. The zero-order chi connectivity index (χ0) is 18.1. The van der Waals surface area contributed by atoms with Crippen LogP contribution in [0.15, 0.2) is 66.7 Å².